The van der Waals surface area contributed by atoms with Crippen molar-refractivity contribution in [3.05, 3.63) is 123 Å². The van der Waals surface area contributed by atoms with Crippen LogP contribution in [0.5, 0.6) is 5.75 Å². The number of nitrogens with zero attached hydrogens (tertiary/aromatic N) is 5. The molecule has 0 aliphatic carbocycles. The number of aromatic nitrogens is 3. The van der Waals surface area contributed by atoms with E-state index < -0.39 is 0 Å². The van der Waals surface area contributed by atoms with Crippen molar-refractivity contribution in [2.75, 3.05) is 12.9 Å². The van der Waals surface area contributed by atoms with Crippen LogP contribution < -0.4 is 10.1 Å². The summed E-state index contributed by atoms with van der Waals surface area (Å²) in [4.78, 5) is 26.5. The second kappa shape index (κ2) is 13.8. The fraction of sp³-hybridized carbons (Fsp3) is 0.206. The fourth-order valence-electron chi connectivity index (χ4n) is 5.22. The van der Waals surface area contributed by atoms with Crippen molar-refractivity contribution in [3.8, 4) is 11.4 Å². The molecular formula is C34H31BrN6O4S. The van der Waals surface area contributed by atoms with Crippen LogP contribution in [-0.2, 0) is 11.3 Å². The van der Waals surface area contributed by atoms with Crippen molar-refractivity contribution in [1.82, 2.24) is 25.1 Å². The predicted octanol–water partition coefficient (Wildman–Crippen LogP) is 6.65. The molecular weight excluding hydrogens is 668 g/mol. The number of rotatable bonds is 10. The first-order chi connectivity index (χ1) is 22.3. The molecule has 0 fully saturated rings. The minimum atomic E-state index is -0.358. The number of carbonyl (C=O) groups is 2. The quantitative estimate of drug-likeness (QED) is 0.163. The molecule has 12 heteroatoms. The topological polar surface area (TPSA) is 115 Å². The number of hydrogen-bond donors (Lipinski definition) is 1. The number of carbonyl (C=O) groups excluding carboxylic acids is 2. The highest BCUT2D eigenvalue weighted by Crippen LogP contribution is 2.35. The van der Waals surface area contributed by atoms with Crippen molar-refractivity contribution in [1.29, 1.82) is 0 Å². The van der Waals surface area contributed by atoms with E-state index in [-0.39, 0.29) is 35.9 Å². The number of furan rings is 1. The van der Waals surface area contributed by atoms with Crippen molar-refractivity contribution in [3.63, 3.8) is 0 Å². The number of nitrogens with one attached hydrogen (secondary N) is 1. The van der Waals surface area contributed by atoms with Crippen LogP contribution in [-0.4, -0.2) is 50.2 Å². The third-order valence-corrected chi connectivity index (χ3v) is 9.28. The number of ether oxygens (including phenoxy) is 1. The number of aryl methyl sites for hydroxylation is 1. The summed E-state index contributed by atoms with van der Waals surface area (Å²) in [5.41, 5.74) is 5.76. The molecule has 5 aromatic rings. The third kappa shape index (κ3) is 6.63. The molecule has 1 atom stereocenters. The molecule has 234 valence electrons. The average Bonchev–Trinajstić information content (AvgIpc) is 3.85. The van der Waals surface area contributed by atoms with Crippen molar-refractivity contribution >= 4 is 45.2 Å². The normalized spacial score (nSPS) is 14.3. The molecule has 3 aromatic carbocycles. The Balaban J connectivity index is 1.27. The molecule has 1 N–H and O–H groups in total. The van der Waals surface area contributed by atoms with Crippen LogP contribution in [0, 0.1) is 13.8 Å². The van der Waals surface area contributed by atoms with Crippen LogP contribution in [0.1, 0.15) is 51.1 Å². The summed E-state index contributed by atoms with van der Waals surface area (Å²) in [6.45, 7) is 4.17. The van der Waals surface area contributed by atoms with E-state index in [0.717, 1.165) is 43.9 Å². The van der Waals surface area contributed by atoms with E-state index in [2.05, 4.69) is 31.4 Å². The first kappa shape index (κ1) is 31.3. The lowest BCUT2D eigenvalue weighted by Crippen LogP contribution is -2.28. The summed E-state index contributed by atoms with van der Waals surface area (Å²) in [6.07, 6.45) is 2.02. The van der Waals surface area contributed by atoms with E-state index in [1.807, 2.05) is 85.1 Å². The number of hydrazone groups is 1. The maximum atomic E-state index is 13.9. The monoisotopic (exact) mass is 698 g/mol. The highest BCUT2D eigenvalue weighted by atomic mass is 79.9. The van der Waals surface area contributed by atoms with E-state index in [1.165, 1.54) is 18.0 Å². The molecule has 0 saturated heterocycles. The zero-order valence-corrected chi connectivity index (χ0v) is 27.8. The van der Waals surface area contributed by atoms with Crippen molar-refractivity contribution in [2.24, 2.45) is 5.10 Å². The molecule has 0 bridgehead atoms. The Kier molecular flexibility index (Phi) is 9.36. The van der Waals surface area contributed by atoms with Gasteiger partial charge in [-0.15, -0.1) is 10.2 Å². The van der Waals surface area contributed by atoms with Gasteiger partial charge in [-0.3, -0.25) is 14.2 Å². The Morgan fingerprint density at radius 2 is 1.80 bits per heavy atom. The molecule has 0 radical (unpaired) electrons. The van der Waals surface area contributed by atoms with Gasteiger partial charge in [0.15, 0.2) is 16.7 Å². The van der Waals surface area contributed by atoms with Gasteiger partial charge in [0.05, 0.1) is 43.1 Å². The summed E-state index contributed by atoms with van der Waals surface area (Å²) in [5, 5.41) is 18.6. The summed E-state index contributed by atoms with van der Waals surface area (Å²) in [7, 11) is 1.63. The number of benzene rings is 3. The zero-order chi connectivity index (χ0) is 32.2. The van der Waals surface area contributed by atoms with Crippen LogP contribution in [0.4, 0.5) is 0 Å². The second-order valence-electron chi connectivity index (χ2n) is 10.7. The van der Waals surface area contributed by atoms with Crippen molar-refractivity contribution < 1.29 is 18.7 Å². The van der Waals surface area contributed by atoms with Gasteiger partial charge in [0, 0.05) is 10.9 Å². The molecule has 46 heavy (non-hydrogen) atoms. The highest BCUT2D eigenvalue weighted by molar-refractivity contribution is 9.10. The van der Waals surface area contributed by atoms with Gasteiger partial charge < -0.3 is 14.5 Å². The first-order valence-corrected chi connectivity index (χ1v) is 16.3. The summed E-state index contributed by atoms with van der Waals surface area (Å²) < 4.78 is 13.4. The smallest absolute Gasteiger partial charge is 0.287 e. The Morgan fingerprint density at radius 1 is 1.02 bits per heavy atom. The molecule has 0 saturated carbocycles. The predicted molar refractivity (Wildman–Crippen MR) is 179 cm³/mol. The lowest BCUT2D eigenvalue weighted by atomic mass is 9.98. The van der Waals surface area contributed by atoms with Gasteiger partial charge in [0.2, 0.25) is 0 Å². The molecule has 2 amide bonds. The lowest BCUT2D eigenvalue weighted by molar-refractivity contribution is -0.130. The van der Waals surface area contributed by atoms with Gasteiger partial charge in [0.25, 0.3) is 11.8 Å². The van der Waals surface area contributed by atoms with Crippen LogP contribution in [0.3, 0.4) is 0 Å². The number of methoxy groups -OCH3 is 1. The molecule has 0 unspecified atom stereocenters. The Hall–Kier alpha value is -4.68. The van der Waals surface area contributed by atoms with Gasteiger partial charge in [0.1, 0.15) is 5.75 Å². The second-order valence-corrected chi connectivity index (χ2v) is 12.5. The van der Waals surface area contributed by atoms with Crippen LogP contribution >= 0.6 is 27.7 Å². The van der Waals surface area contributed by atoms with Gasteiger partial charge >= 0.3 is 0 Å². The van der Waals surface area contributed by atoms with E-state index in [4.69, 9.17) is 14.3 Å². The Labute approximate surface area is 279 Å². The Bertz CT molecular complexity index is 1890. The van der Waals surface area contributed by atoms with E-state index >= 15 is 0 Å². The van der Waals surface area contributed by atoms with Gasteiger partial charge in [-0.2, -0.15) is 5.10 Å². The van der Waals surface area contributed by atoms with Crippen molar-refractivity contribution in [2.45, 2.75) is 38.0 Å². The lowest BCUT2D eigenvalue weighted by Gasteiger charge is -2.22. The summed E-state index contributed by atoms with van der Waals surface area (Å²) in [6, 6.07) is 24.6. The number of halogens is 1. The molecule has 10 nitrogen and oxygen atoms in total. The van der Waals surface area contributed by atoms with Gasteiger partial charge in [-0.05, 0) is 78.6 Å². The average molecular weight is 700 g/mol. The van der Waals surface area contributed by atoms with Crippen LogP contribution in [0.2, 0.25) is 0 Å². The zero-order valence-electron chi connectivity index (χ0n) is 25.4. The van der Waals surface area contributed by atoms with E-state index in [0.29, 0.717) is 17.4 Å². The number of hydrogen-bond acceptors (Lipinski definition) is 8. The van der Waals surface area contributed by atoms with Crippen LogP contribution in [0.25, 0.3) is 5.69 Å². The summed E-state index contributed by atoms with van der Waals surface area (Å²) >= 11 is 4.77. The molecule has 3 heterocycles. The number of thioether (sulfide) groups is 1. The molecule has 6 rings (SSSR count). The van der Waals surface area contributed by atoms with E-state index in [9.17, 15) is 9.59 Å². The largest absolute Gasteiger partial charge is 0.497 e. The number of amides is 2. The minimum absolute atomic E-state index is 0.0749. The maximum Gasteiger partial charge on any atom is 0.287 e. The standard InChI is InChI=1S/C34H31BrN6O4S/c1-21-6-4-7-28(22(21)2)40-31(19-36-33(43)30-8-5-17-45-30)37-38-34(40)46-20-32(42)41-29(24-11-15-26(44-3)16-12-24)18-27(39-41)23-9-13-25(35)14-10-23/h4-17,29H,18-20H2,1-3H3,(H,36,43)/t29-/m0/s1. The van der Waals surface area contributed by atoms with Gasteiger partial charge in [-0.25, -0.2) is 5.01 Å². The van der Waals surface area contributed by atoms with Crippen LogP contribution in [0.15, 0.2) is 104 Å². The fourth-order valence-corrected chi connectivity index (χ4v) is 6.30. The Morgan fingerprint density at radius 3 is 2.52 bits per heavy atom. The maximum absolute atomic E-state index is 13.9. The first-order valence-electron chi connectivity index (χ1n) is 14.6. The van der Waals surface area contributed by atoms with Gasteiger partial charge in [-0.1, -0.05) is 64.1 Å². The highest BCUT2D eigenvalue weighted by Gasteiger charge is 2.33. The molecule has 2 aromatic heterocycles. The third-order valence-electron chi connectivity index (χ3n) is 7.84. The summed E-state index contributed by atoms with van der Waals surface area (Å²) in [5.74, 6) is 1.02. The minimum Gasteiger partial charge on any atom is -0.497 e. The molecule has 0 spiro atoms. The molecule has 1 aliphatic heterocycles. The SMILES string of the molecule is COc1ccc([C@@H]2CC(c3ccc(Br)cc3)=NN2C(=O)CSc2nnc(CNC(=O)c3ccco3)n2-c2cccc(C)c2C)cc1. The molecule has 1 aliphatic rings. The van der Waals surface area contributed by atoms with E-state index in [1.54, 1.807) is 24.3 Å².